The molecule has 0 saturated heterocycles. The molecule has 0 bridgehead atoms. The minimum absolute atomic E-state index is 0.0189. The summed E-state index contributed by atoms with van der Waals surface area (Å²) in [5, 5.41) is 47.9. The van der Waals surface area contributed by atoms with Crippen LogP contribution in [0.3, 0.4) is 0 Å². The zero-order chi connectivity index (χ0) is 64.0. The summed E-state index contributed by atoms with van der Waals surface area (Å²) in [6.45, 7) is 29.8. The summed E-state index contributed by atoms with van der Waals surface area (Å²) in [6.07, 6.45) is 2.05. The highest BCUT2D eigenvalue weighted by atomic mass is 16.4. The predicted molar refractivity (Wildman–Crippen MR) is 316 cm³/mol. The first-order valence-corrected chi connectivity index (χ1v) is 29.2. The van der Waals surface area contributed by atoms with E-state index in [1.807, 2.05) is 69.2 Å². The summed E-state index contributed by atoms with van der Waals surface area (Å²) in [5.41, 5.74) is 0. The van der Waals surface area contributed by atoms with Crippen molar-refractivity contribution in [1.29, 1.82) is 0 Å². The molecule has 9 N–H and O–H groups in total. The fourth-order valence-corrected chi connectivity index (χ4v) is 9.78. The predicted octanol–water partition coefficient (Wildman–Crippen LogP) is 2.66. The first kappa shape index (κ1) is 76.3. The maximum Gasteiger partial charge on any atom is 0.328 e. The van der Waals surface area contributed by atoms with E-state index < -0.39 is 138 Å². The van der Waals surface area contributed by atoms with Crippen LogP contribution < -0.4 is 31.9 Å². The number of carbonyl (C=O) groups excluding carboxylic acids is 9. The second-order valence-corrected chi connectivity index (χ2v) is 24.9. The Kier molecular flexibility index (Phi) is 33.6. The van der Waals surface area contributed by atoms with Gasteiger partial charge in [0.15, 0.2) is 6.04 Å². The van der Waals surface area contributed by atoms with Crippen molar-refractivity contribution >= 4 is 59.1 Å². The average Bonchev–Trinajstić information content (AvgIpc) is 3.44. The van der Waals surface area contributed by atoms with Gasteiger partial charge in [0, 0.05) is 28.2 Å². The quantitative estimate of drug-likeness (QED) is 0.0408. The zero-order valence-electron chi connectivity index (χ0n) is 53.6. The Labute approximate surface area is 490 Å². The summed E-state index contributed by atoms with van der Waals surface area (Å²) in [7, 11) is 7.22. The molecule has 0 aliphatic carbocycles. The molecule has 82 heavy (non-hydrogen) atoms. The molecule has 0 radical (unpaired) electrons. The van der Waals surface area contributed by atoms with Crippen molar-refractivity contribution in [1.82, 2.24) is 51.5 Å². The Hall–Kier alpha value is -5.68. The van der Waals surface area contributed by atoms with Crippen LogP contribution in [0.4, 0.5) is 0 Å². The lowest BCUT2D eigenvalue weighted by Crippen LogP contribution is -2.63. The molecular formula is C59H108N10O13. The molecule has 13 atom stereocenters. The van der Waals surface area contributed by atoms with Crippen LogP contribution in [0.15, 0.2) is 12.2 Å². The van der Waals surface area contributed by atoms with Gasteiger partial charge in [-0.15, -0.1) is 0 Å². The second-order valence-electron chi connectivity index (χ2n) is 24.9. The summed E-state index contributed by atoms with van der Waals surface area (Å²) in [6, 6.07) is -12.0. The molecule has 23 nitrogen and oxygen atoms in total. The number of aliphatic hydroxyl groups excluding tert-OH is 2. The van der Waals surface area contributed by atoms with Gasteiger partial charge in [0.25, 0.3) is 0 Å². The van der Waals surface area contributed by atoms with Crippen molar-refractivity contribution in [3.05, 3.63) is 12.2 Å². The molecule has 23 heteroatoms. The van der Waals surface area contributed by atoms with E-state index in [0.717, 1.165) is 4.90 Å². The molecule has 0 aromatic rings. The van der Waals surface area contributed by atoms with Gasteiger partial charge in [-0.1, -0.05) is 102 Å². The monoisotopic (exact) mass is 1160 g/mol. The molecule has 472 valence electrons. The van der Waals surface area contributed by atoms with Crippen LogP contribution in [0.25, 0.3) is 0 Å². The molecule has 0 fully saturated rings. The molecule has 0 rings (SSSR count). The van der Waals surface area contributed by atoms with Gasteiger partial charge in [0.2, 0.25) is 53.2 Å². The number of amides is 9. The van der Waals surface area contributed by atoms with Gasteiger partial charge in [-0.3, -0.25) is 43.2 Å². The van der Waals surface area contributed by atoms with Crippen LogP contribution in [-0.2, 0) is 47.9 Å². The Morgan fingerprint density at radius 3 is 1.23 bits per heavy atom. The number of aliphatic hydroxyl groups is 2. The van der Waals surface area contributed by atoms with Crippen molar-refractivity contribution in [2.45, 2.75) is 229 Å². The third-order valence-corrected chi connectivity index (χ3v) is 14.5. The highest BCUT2D eigenvalue weighted by Gasteiger charge is 2.44. The standard InChI is InChI=1S/C59H108N10O13/c1-23-24-25-37(14)49(71)48(54(76)65-46(40(17)70)59(81)82)69(22)58(80)47(36(12)13)68(21)57(79)43(28-33(6)7)64-53(75)45(30-35(10)11)66(19)55(77)39(16)62-50(72)38(15)61-52(74)44(29-34(8)9)67(20)56(78)42(27-32(4)5)63-51(73)41(60-18)26-31(2)3/h23-24,31-49,60,70-71H,25-30H2,1-22H3,(H,61,74)(H,62,72)(H,63,73)(H,64,75)(H,65,76)(H,81,82)/b24-23+/t37-,38+,39-,40-,41+,42+,43+,44+,45+,46+,47+,48+,49-/m1/s1. The van der Waals surface area contributed by atoms with Gasteiger partial charge < -0.3 is 66.8 Å². The maximum atomic E-state index is 14.7. The van der Waals surface area contributed by atoms with E-state index in [9.17, 15) is 63.3 Å². The Bertz CT molecular complexity index is 2130. The van der Waals surface area contributed by atoms with Crippen LogP contribution in [0, 0.1) is 41.4 Å². The van der Waals surface area contributed by atoms with E-state index >= 15 is 0 Å². The van der Waals surface area contributed by atoms with Crippen molar-refractivity contribution in [2.75, 3.05) is 35.2 Å². The smallest absolute Gasteiger partial charge is 0.328 e. The molecule has 0 aliphatic rings. The first-order chi connectivity index (χ1) is 37.8. The lowest BCUT2D eigenvalue weighted by atomic mass is 9.91. The first-order valence-electron chi connectivity index (χ1n) is 29.2. The van der Waals surface area contributed by atoms with E-state index in [1.165, 1.54) is 63.7 Å². The minimum atomic E-state index is -1.77. The average molecular weight is 1170 g/mol. The maximum absolute atomic E-state index is 14.7. The minimum Gasteiger partial charge on any atom is -0.480 e. The molecule has 0 spiro atoms. The molecule has 0 saturated carbocycles. The summed E-state index contributed by atoms with van der Waals surface area (Å²) < 4.78 is 0. The highest BCUT2D eigenvalue weighted by molar-refractivity contribution is 5.98. The summed E-state index contributed by atoms with van der Waals surface area (Å²) in [4.78, 5) is 144. The second kappa shape index (κ2) is 36.1. The van der Waals surface area contributed by atoms with Gasteiger partial charge in [0.05, 0.1) is 18.2 Å². The highest BCUT2D eigenvalue weighted by Crippen LogP contribution is 2.23. The van der Waals surface area contributed by atoms with Crippen LogP contribution in [0.5, 0.6) is 0 Å². The number of hydrogen-bond acceptors (Lipinski definition) is 13. The number of carboxylic acid groups (broad SMARTS) is 1. The fraction of sp³-hybridized carbons (Fsp3) is 0.797. The zero-order valence-corrected chi connectivity index (χ0v) is 53.6. The van der Waals surface area contributed by atoms with Crippen LogP contribution in [0.1, 0.15) is 156 Å². The normalized spacial score (nSPS) is 16.7. The Morgan fingerprint density at radius 1 is 0.439 bits per heavy atom. The number of hydrogen-bond donors (Lipinski definition) is 9. The van der Waals surface area contributed by atoms with Crippen molar-refractivity contribution in [3.63, 3.8) is 0 Å². The third kappa shape index (κ3) is 24.3. The molecular weight excluding hydrogens is 1060 g/mol. The molecule has 0 unspecified atom stereocenters. The fourth-order valence-electron chi connectivity index (χ4n) is 9.78. The van der Waals surface area contributed by atoms with Crippen molar-refractivity contribution in [3.8, 4) is 0 Å². The van der Waals surface area contributed by atoms with Gasteiger partial charge >= 0.3 is 5.97 Å². The number of nitrogens with one attached hydrogen (secondary N) is 6. The van der Waals surface area contributed by atoms with Gasteiger partial charge in [-0.05, 0) is 115 Å². The Morgan fingerprint density at radius 2 is 0.829 bits per heavy atom. The van der Waals surface area contributed by atoms with E-state index in [4.69, 9.17) is 0 Å². The topological polar surface area (TPSA) is 317 Å². The van der Waals surface area contributed by atoms with Gasteiger partial charge in [0.1, 0.15) is 48.3 Å². The van der Waals surface area contributed by atoms with Gasteiger partial charge in [-0.25, -0.2) is 4.79 Å². The number of nitrogens with zero attached hydrogens (tertiary/aromatic N) is 4. The Balaban J connectivity index is 6.77. The lowest BCUT2D eigenvalue weighted by Gasteiger charge is -2.40. The lowest BCUT2D eigenvalue weighted by molar-refractivity contribution is -0.155. The molecule has 0 heterocycles. The van der Waals surface area contributed by atoms with Crippen LogP contribution >= 0.6 is 0 Å². The molecule has 9 amide bonds. The van der Waals surface area contributed by atoms with E-state index in [-0.39, 0.29) is 54.8 Å². The number of carboxylic acids is 1. The third-order valence-electron chi connectivity index (χ3n) is 14.5. The largest absolute Gasteiger partial charge is 0.480 e. The van der Waals surface area contributed by atoms with E-state index in [1.54, 1.807) is 46.9 Å². The molecule has 0 aromatic heterocycles. The molecule has 0 aromatic carbocycles. The van der Waals surface area contributed by atoms with Crippen molar-refractivity contribution in [2.24, 2.45) is 41.4 Å². The number of likely N-dealkylation sites (N-methyl/N-ethyl adjacent to an activating group) is 5. The summed E-state index contributed by atoms with van der Waals surface area (Å²) >= 11 is 0. The van der Waals surface area contributed by atoms with Gasteiger partial charge in [-0.2, -0.15) is 0 Å². The SMILES string of the molecule is C/C=C/C[C@@H](C)[C@@H](O)[C@@H](C(=O)N[C@H](C(=O)O)[C@@H](C)O)N(C)C(=O)[C@H](C(C)C)N(C)C(=O)[C@H](CC(C)C)NC(=O)[C@H](CC(C)C)N(C)C(=O)[C@@H](C)NC(=O)[C@H](C)NC(=O)[C@H](CC(C)C)N(C)C(=O)[C@H](CC(C)C)NC(=O)[C@H](CC(C)C)NC. The van der Waals surface area contributed by atoms with E-state index in [2.05, 4.69) is 31.9 Å². The number of aliphatic carboxylic acids is 1. The number of allylic oxidation sites excluding steroid dienone is 2. The number of carbonyl (C=O) groups is 10. The molecule has 0 aliphatic heterocycles. The van der Waals surface area contributed by atoms with Crippen molar-refractivity contribution < 1.29 is 63.3 Å². The number of rotatable bonds is 36. The van der Waals surface area contributed by atoms with Crippen LogP contribution in [0.2, 0.25) is 0 Å². The van der Waals surface area contributed by atoms with E-state index in [0.29, 0.717) is 19.3 Å². The summed E-state index contributed by atoms with van der Waals surface area (Å²) in [5.74, 6) is -8.94. The van der Waals surface area contributed by atoms with Crippen LogP contribution in [-0.4, -0.2) is 202 Å².